The lowest BCUT2D eigenvalue weighted by atomic mass is 9.89. The van der Waals surface area contributed by atoms with E-state index < -0.39 is 114 Å². The number of nitrogens with zero attached hydrogens (tertiary/aromatic N) is 1. The second kappa shape index (κ2) is 25.1. The number of Topliss-reactive ketones (excluding diaryl/α,β-unsaturated/α-hetero) is 1. The zero-order chi connectivity index (χ0) is 46.8. The van der Waals surface area contributed by atoms with Crippen molar-refractivity contribution in [2.75, 3.05) is 31.1 Å². The van der Waals surface area contributed by atoms with Crippen molar-refractivity contribution in [2.24, 2.45) is 28.7 Å². The lowest BCUT2D eigenvalue weighted by molar-refractivity contribution is -0.142. The molecule has 0 spiro atoms. The minimum absolute atomic E-state index is 0.0218. The van der Waals surface area contributed by atoms with Gasteiger partial charge in [-0.3, -0.25) is 43.2 Å². The third-order valence-corrected chi connectivity index (χ3v) is 10.5. The van der Waals surface area contributed by atoms with Crippen molar-refractivity contribution in [2.45, 2.75) is 144 Å². The third kappa shape index (κ3) is 20.4. The second-order valence-corrected chi connectivity index (χ2v) is 18.8. The molecule has 1 saturated heterocycles. The Bertz CT molecular complexity index is 1600. The van der Waals surface area contributed by atoms with Crippen LogP contribution in [0.5, 0.6) is 0 Å². The average molecular weight is 884 g/mol. The van der Waals surface area contributed by atoms with Crippen molar-refractivity contribution in [1.29, 1.82) is 0 Å². The van der Waals surface area contributed by atoms with Gasteiger partial charge in [0.1, 0.15) is 41.6 Å². The quantitative estimate of drug-likeness (QED) is 0.0583. The van der Waals surface area contributed by atoms with Crippen LogP contribution in [0.4, 0.5) is 4.79 Å². The molecule has 0 aromatic heterocycles. The highest BCUT2D eigenvalue weighted by atomic mass is 32.2. The maximum absolute atomic E-state index is 14.3. The van der Waals surface area contributed by atoms with E-state index >= 15 is 0 Å². The molecule has 0 aromatic carbocycles. The van der Waals surface area contributed by atoms with Gasteiger partial charge in [-0.05, 0) is 51.9 Å². The van der Waals surface area contributed by atoms with Gasteiger partial charge in [0.15, 0.2) is 0 Å². The summed E-state index contributed by atoms with van der Waals surface area (Å²) in [6, 6.07) is -6.06. The van der Waals surface area contributed by atoms with E-state index in [1.54, 1.807) is 48.5 Å². The minimum atomic E-state index is -1.59. The standard InChI is InChI=1S/C40H69N9O11S/c1-11-23(4)32(48-38(59)60-40(8,9)10)36(57)44-20-31(53)45-25(18-29(41)51)34(55)47-26(21-61-16-14-28(50)39(5,6)7)37(58)49-15-12-13-27(49)35(56)46-24(17-22(2)3)33(54)43-19-30(42)52/h22-27,32H,11-21H2,1-10H3,(H2,41,51)(H2,42,52)(H,43,54)(H,44,57)(H,45,53)(H,46,56)(H,47,55)(H,48,59)/t23?,24-,25+,26+,27-,32+/m0/s1. The summed E-state index contributed by atoms with van der Waals surface area (Å²) in [5.74, 6) is -6.40. The number of rotatable bonds is 24. The fraction of sp³-hybridized carbons (Fsp3) is 0.750. The monoisotopic (exact) mass is 883 g/mol. The lowest BCUT2D eigenvalue weighted by Gasteiger charge is -2.30. The first-order valence-electron chi connectivity index (χ1n) is 20.6. The number of primary amides is 2. The van der Waals surface area contributed by atoms with Crippen LogP contribution in [0.15, 0.2) is 0 Å². The van der Waals surface area contributed by atoms with Crippen LogP contribution in [-0.4, -0.2) is 131 Å². The lowest BCUT2D eigenvalue weighted by Crippen LogP contribution is -2.59. The van der Waals surface area contributed by atoms with Crippen LogP contribution in [0, 0.1) is 17.3 Å². The first kappa shape index (κ1) is 54.1. The molecule has 1 aliphatic rings. The molecule has 1 fully saturated rings. The number of alkyl carbamates (subject to hydrolysis) is 1. The maximum atomic E-state index is 14.3. The number of carbonyl (C=O) groups is 10. The number of amides is 9. The van der Waals surface area contributed by atoms with Gasteiger partial charge in [-0.15, -0.1) is 0 Å². The van der Waals surface area contributed by atoms with Crippen LogP contribution >= 0.6 is 11.8 Å². The first-order valence-corrected chi connectivity index (χ1v) is 21.7. The molecule has 0 radical (unpaired) electrons. The molecule has 1 unspecified atom stereocenters. The number of nitrogens with two attached hydrogens (primary N) is 2. The van der Waals surface area contributed by atoms with E-state index in [1.807, 2.05) is 20.8 Å². The van der Waals surface area contributed by atoms with E-state index in [0.717, 1.165) is 0 Å². The van der Waals surface area contributed by atoms with Gasteiger partial charge in [0.2, 0.25) is 47.3 Å². The molecule has 0 bridgehead atoms. The smallest absolute Gasteiger partial charge is 0.408 e. The summed E-state index contributed by atoms with van der Waals surface area (Å²) in [6.07, 6.45) is 0.0150. The predicted molar refractivity (Wildman–Crippen MR) is 228 cm³/mol. The topological polar surface area (TPSA) is 307 Å². The maximum Gasteiger partial charge on any atom is 0.408 e. The molecule has 9 amide bonds. The molecular weight excluding hydrogens is 815 g/mol. The molecule has 20 nitrogen and oxygen atoms in total. The van der Waals surface area contributed by atoms with E-state index in [2.05, 4.69) is 31.9 Å². The molecule has 1 rings (SSSR count). The molecule has 346 valence electrons. The van der Waals surface area contributed by atoms with Crippen LogP contribution in [0.1, 0.15) is 108 Å². The van der Waals surface area contributed by atoms with Crippen molar-refractivity contribution >= 4 is 70.9 Å². The Balaban J connectivity index is 3.29. The largest absolute Gasteiger partial charge is 0.444 e. The number of thioether (sulfide) groups is 1. The Morgan fingerprint density at radius 2 is 1.39 bits per heavy atom. The SMILES string of the molecule is CCC(C)[C@@H](NC(=O)OC(C)(C)C)C(=O)NCC(=O)N[C@H](CC(N)=O)C(=O)N[C@H](CSCCC(=O)C(C)(C)C)C(=O)N1CCC[C@H]1C(=O)N[C@@H](CC(C)C)C(=O)NCC(N)=O. The van der Waals surface area contributed by atoms with E-state index in [4.69, 9.17) is 16.2 Å². The van der Waals surface area contributed by atoms with Gasteiger partial charge in [0, 0.05) is 29.9 Å². The molecule has 0 aromatic rings. The molecule has 10 N–H and O–H groups in total. The summed E-state index contributed by atoms with van der Waals surface area (Å²) >= 11 is 1.20. The van der Waals surface area contributed by atoms with Crippen molar-refractivity contribution in [3.63, 3.8) is 0 Å². The molecule has 0 aliphatic carbocycles. The highest BCUT2D eigenvalue weighted by molar-refractivity contribution is 7.99. The Hall–Kier alpha value is -4.95. The van der Waals surface area contributed by atoms with Gasteiger partial charge in [-0.2, -0.15) is 11.8 Å². The van der Waals surface area contributed by atoms with Crippen LogP contribution < -0.4 is 43.4 Å². The van der Waals surface area contributed by atoms with Gasteiger partial charge in [0.25, 0.3) is 0 Å². The van der Waals surface area contributed by atoms with E-state index in [-0.39, 0.29) is 49.2 Å². The normalized spacial score (nSPS) is 16.5. The number of hydrogen-bond donors (Lipinski definition) is 8. The Labute approximate surface area is 363 Å². The summed E-state index contributed by atoms with van der Waals surface area (Å²) < 4.78 is 5.27. The highest BCUT2D eigenvalue weighted by Crippen LogP contribution is 2.22. The van der Waals surface area contributed by atoms with E-state index in [1.165, 1.54) is 16.7 Å². The third-order valence-electron chi connectivity index (χ3n) is 9.47. The number of ether oxygens (including phenoxy) is 1. The summed E-state index contributed by atoms with van der Waals surface area (Å²) in [6.45, 7) is 16.6. The minimum Gasteiger partial charge on any atom is -0.444 e. The number of likely N-dealkylation sites (tertiary alicyclic amines) is 1. The molecule has 6 atom stereocenters. The van der Waals surface area contributed by atoms with Crippen molar-refractivity contribution in [1.82, 2.24) is 36.8 Å². The molecule has 0 saturated carbocycles. The van der Waals surface area contributed by atoms with Gasteiger partial charge in [-0.1, -0.05) is 54.9 Å². The molecule has 21 heteroatoms. The van der Waals surface area contributed by atoms with Gasteiger partial charge in [0.05, 0.1) is 19.5 Å². The van der Waals surface area contributed by atoms with Crippen molar-refractivity contribution in [3.8, 4) is 0 Å². The first-order chi connectivity index (χ1) is 28.2. The van der Waals surface area contributed by atoms with Gasteiger partial charge < -0.3 is 53.0 Å². The van der Waals surface area contributed by atoms with Crippen LogP contribution in [0.2, 0.25) is 0 Å². The van der Waals surface area contributed by atoms with Gasteiger partial charge in [-0.25, -0.2) is 4.79 Å². The number of nitrogens with one attached hydrogen (secondary N) is 6. The van der Waals surface area contributed by atoms with Crippen LogP contribution in [0.3, 0.4) is 0 Å². The Morgan fingerprint density at radius 1 is 0.770 bits per heavy atom. The summed E-state index contributed by atoms with van der Waals surface area (Å²) in [4.78, 5) is 131. The van der Waals surface area contributed by atoms with Crippen LogP contribution in [0.25, 0.3) is 0 Å². The average Bonchev–Trinajstić information content (AvgIpc) is 3.64. The number of ketones is 1. The summed E-state index contributed by atoms with van der Waals surface area (Å²) in [5, 5.41) is 15.0. The van der Waals surface area contributed by atoms with Crippen molar-refractivity contribution < 1.29 is 52.7 Å². The highest BCUT2D eigenvalue weighted by Gasteiger charge is 2.40. The summed E-state index contributed by atoms with van der Waals surface area (Å²) in [5.41, 5.74) is 9.17. The summed E-state index contributed by atoms with van der Waals surface area (Å²) in [7, 11) is 0. The van der Waals surface area contributed by atoms with Crippen LogP contribution in [-0.2, 0) is 47.9 Å². The van der Waals surface area contributed by atoms with Gasteiger partial charge >= 0.3 is 6.09 Å². The van der Waals surface area contributed by atoms with E-state index in [0.29, 0.717) is 18.6 Å². The second-order valence-electron chi connectivity index (χ2n) is 17.6. The molecule has 61 heavy (non-hydrogen) atoms. The fourth-order valence-electron chi connectivity index (χ4n) is 6.03. The Kier molecular flexibility index (Phi) is 22.2. The number of hydrogen-bond acceptors (Lipinski definition) is 12. The molecular formula is C40H69N9O11S. The zero-order valence-corrected chi connectivity index (χ0v) is 38.1. The van der Waals surface area contributed by atoms with E-state index in [9.17, 15) is 47.9 Å². The molecule has 1 aliphatic heterocycles. The fourth-order valence-corrected chi connectivity index (χ4v) is 6.99. The zero-order valence-electron chi connectivity index (χ0n) is 37.3. The van der Waals surface area contributed by atoms with Crippen molar-refractivity contribution in [3.05, 3.63) is 0 Å². The number of carbonyl (C=O) groups excluding carboxylic acids is 10. The Morgan fingerprint density at radius 3 is 1.93 bits per heavy atom. The molecule has 1 heterocycles. The predicted octanol–water partition coefficient (Wildman–Crippen LogP) is -0.251.